The number of nitrogens with two attached hydrogens (primary N) is 1. The maximum atomic E-state index is 5.81. The van der Waals surface area contributed by atoms with Crippen molar-refractivity contribution in [2.75, 3.05) is 37.7 Å². The molecule has 0 saturated carbocycles. The van der Waals surface area contributed by atoms with Gasteiger partial charge in [-0.1, -0.05) is 30.8 Å². The highest BCUT2D eigenvalue weighted by atomic mass is 32.1. The fraction of sp³-hybridized carbons (Fsp3) is 0.643. The van der Waals surface area contributed by atoms with Crippen LogP contribution in [0.25, 0.3) is 6.08 Å². The van der Waals surface area contributed by atoms with Crippen LogP contribution in [0.2, 0.25) is 0 Å². The van der Waals surface area contributed by atoms with Crippen LogP contribution in [0.15, 0.2) is 5.57 Å². The van der Waals surface area contributed by atoms with Gasteiger partial charge in [0.25, 0.3) is 0 Å². The highest BCUT2D eigenvalue weighted by molar-refractivity contribution is 7.16. The molecule has 1 fully saturated rings. The molecular formula is C14H23N3OS. The lowest BCUT2D eigenvalue weighted by atomic mass is 10.0. The summed E-state index contributed by atoms with van der Waals surface area (Å²) in [5.74, 6) is 0.485. The lowest BCUT2D eigenvalue weighted by molar-refractivity contribution is 0.122. The van der Waals surface area contributed by atoms with E-state index < -0.39 is 0 Å². The van der Waals surface area contributed by atoms with Gasteiger partial charge in [-0.15, -0.1) is 0 Å². The second-order valence-corrected chi connectivity index (χ2v) is 6.13. The Balaban J connectivity index is 2.20. The van der Waals surface area contributed by atoms with Crippen LogP contribution in [0.3, 0.4) is 0 Å². The van der Waals surface area contributed by atoms with Gasteiger partial charge in [-0.2, -0.15) is 0 Å². The first-order chi connectivity index (χ1) is 9.11. The zero-order chi connectivity index (χ0) is 13.8. The quantitative estimate of drug-likeness (QED) is 0.920. The molecule has 0 aliphatic carbocycles. The van der Waals surface area contributed by atoms with E-state index in [2.05, 4.69) is 36.7 Å². The lowest BCUT2D eigenvalue weighted by Gasteiger charge is -2.26. The number of anilines is 1. The largest absolute Gasteiger partial charge is 0.378 e. The lowest BCUT2D eigenvalue weighted by Crippen LogP contribution is -2.36. The van der Waals surface area contributed by atoms with Crippen molar-refractivity contribution >= 4 is 22.5 Å². The Morgan fingerprint density at radius 1 is 1.47 bits per heavy atom. The maximum absolute atomic E-state index is 5.81. The van der Waals surface area contributed by atoms with Crippen molar-refractivity contribution in [1.82, 2.24) is 4.98 Å². The molecule has 5 heteroatoms. The van der Waals surface area contributed by atoms with E-state index >= 15 is 0 Å². The minimum absolute atomic E-state index is 0.485. The highest BCUT2D eigenvalue weighted by Crippen LogP contribution is 2.29. The van der Waals surface area contributed by atoms with Gasteiger partial charge in [0, 0.05) is 19.6 Å². The summed E-state index contributed by atoms with van der Waals surface area (Å²) in [5.41, 5.74) is 8.18. The molecule has 0 amide bonds. The van der Waals surface area contributed by atoms with Crippen molar-refractivity contribution in [3.05, 3.63) is 16.1 Å². The topological polar surface area (TPSA) is 51.4 Å². The van der Waals surface area contributed by atoms with E-state index in [0.29, 0.717) is 12.5 Å². The number of aryl methyl sites for hydroxylation is 1. The molecule has 2 N–H and O–H groups in total. The van der Waals surface area contributed by atoms with Crippen LogP contribution in [0, 0.1) is 12.8 Å². The van der Waals surface area contributed by atoms with Crippen molar-refractivity contribution in [1.29, 1.82) is 0 Å². The number of rotatable bonds is 4. The van der Waals surface area contributed by atoms with Crippen LogP contribution in [-0.4, -0.2) is 37.8 Å². The molecular weight excluding hydrogens is 258 g/mol. The summed E-state index contributed by atoms with van der Waals surface area (Å²) in [5, 5.41) is 1.10. The van der Waals surface area contributed by atoms with Crippen LogP contribution in [0.4, 0.5) is 5.13 Å². The third-order valence-electron chi connectivity index (χ3n) is 3.40. The average molecular weight is 281 g/mol. The van der Waals surface area contributed by atoms with E-state index in [1.807, 2.05) is 0 Å². The van der Waals surface area contributed by atoms with Gasteiger partial charge in [-0.25, -0.2) is 4.98 Å². The van der Waals surface area contributed by atoms with Crippen molar-refractivity contribution in [2.45, 2.75) is 20.8 Å². The molecule has 0 unspecified atom stereocenters. The molecule has 0 radical (unpaired) electrons. The normalized spacial score (nSPS) is 17.3. The highest BCUT2D eigenvalue weighted by Gasteiger charge is 2.16. The smallest absolute Gasteiger partial charge is 0.186 e. The Kier molecular flexibility index (Phi) is 4.96. The van der Waals surface area contributed by atoms with Gasteiger partial charge in [0.05, 0.1) is 23.8 Å². The zero-order valence-electron chi connectivity index (χ0n) is 12.0. The molecule has 0 spiro atoms. The minimum atomic E-state index is 0.485. The molecule has 1 aliphatic rings. The van der Waals surface area contributed by atoms with Crippen LogP contribution < -0.4 is 10.6 Å². The number of ether oxygens (including phenoxy) is 1. The number of morpholine rings is 1. The van der Waals surface area contributed by atoms with Gasteiger partial charge >= 0.3 is 0 Å². The fourth-order valence-electron chi connectivity index (χ4n) is 2.05. The Labute approximate surface area is 119 Å². The summed E-state index contributed by atoms with van der Waals surface area (Å²) < 4.78 is 5.38. The molecule has 2 rings (SSSR count). The van der Waals surface area contributed by atoms with Gasteiger partial charge < -0.3 is 15.4 Å². The number of hydrogen-bond acceptors (Lipinski definition) is 5. The van der Waals surface area contributed by atoms with E-state index in [4.69, 9.17) is 10.5 Å². The van der Waals surface area contributed by atoms with Gasteiger partial charge in [-0.3, -0.25) is 0 Å². The molecule has 1 aliphatic heterocycles. The number of aromatic nitrogens is 1. The number of thiazole rings is 1. The Bertz CT molecular complexity index is 448. The summed E-state index contributed by atoms with van der Waals surface area (Å²) in [6, 6.07) is 0. The summed E-state index contributed by atoms with van der Waals surface area (Å²) in [6.07, 6.45) is 2.21. The standard InChI is InChI=1S/C14H23N3OS/c1-10(2)12(9-15)8-13-11(3)16-14(19-13)17-4-6-18-7-5-17/h8,10H,4-7,9,15H2,1-3H3. The predicted molar refractivity (Wildman–Crippen MR) is 81.8 cm³/mol. The van der Waals surface area contributed by atoms with Crippen LogP contribution in [0.5, 0.6) is 0 Å². The second-order valence-electron chi connectivity index (χ2n) is 5.12. The first kappa shape index (κ1) is 14.5. The van der Waals surface area contributed by atoms with Crippen molar-refractivity contribution < 1.29 is 4.74 Å². The SMILES string of the molecule is Cc1nc(N2CCOCC2)sc1C=C(CN)C(C)C. The van der Waals surface area contributed by atoms with E-state index in [-0.39, 0.29) is 0 Å². The fourth-order valence-corrected chi connectivity index (χ4v) is 3.14. The van der Waals surface area contributed by atoms with Crippen molar-refractivity contribution in [3.63, 3.8) is 0 Å². The van der Waals surface area contributed by atoms with Crippen molar-refractivity contribution in [2.24, 2.45) is 11.7 Å². The third kappa shape index (κ3) is 3.55. The van der Waals surface area contributed by atoms with Gasteiger partial charge in [0.15, 0.2) is 5.13 Å². The Hall–Kier alpha value is -0.910. The number of hydrogen-bond donors (Lipinski definition) is 1. The van der Waals surface area contributed by atoms with Gasteiger partial charge in [0.2, 0.25) is 0 Å². The number of nitrogens with zero attached hydrogens (tertiary/aromatic N) is 2. The molecule has 106 valence electrons. The van der Waals surface area contributed by atoms with Crippen LogP contribution in [-0.2, 0) is 4.74 Å². The van der Waals surface area contributed by atoms with Gasteiger partial charge in [0.1, 0.15) is 0 Å². The summed E-state index contributed by atoms with van der Waals surface area (Å²) in [7, 11) is 0. The van der Waals surface area contributed by atoms with E-state index in [0.717, 1.165) is 37.1 Å². The molecule has 19 heavy (non-hydrogen) atoms. The first-order valence-electron chi connectivity index (χ1n) is 6.82. The molecule has 1 saturated heterocycles. The molecule has 4 nitrogen and oxygen atoms in total. The molecule has 1 aromatic rings. The molecule has 2 heterocycles. The minimum Gasteiger partial charge on any atom is -0.378 e. The van der Waals surface area contributed by atoms with Crippen LogP contribution >= 0.6 is 11.3 Å². The van der Waals surface area contributed by atoms with E-state index in [1.165, 1.54) is 10.5 Å². The van der Waals surface area contributed by atoms with E-state index in [1.54, 1.807) is 11.3 Å². The molecule has 1 aromatic heterocycles. The second kappa shape index (κ2) is 6.50. The third-order valence-corrected chi connectivity index (χ3v) is 4.56. The van der Waals surface area contributed by atoms with Gasteiger partial charge in [-0.05, 0) is 18.9 Å². The van der Waals surface area contributed by atoms with Crippen molar-refractivity contribution in [3.8, 4) is 0 Å². The monoisotopic (exact) mass is 281 g/mol. The molecule has 0 bridgehead atoms. The Morgan fingerprint density at radius 2 is 2.16 bits per heavy atom. The average Bonchev–Trinajstić information content (AvgIpc) is 2.78. The van der Waals surface area contributed by atoms with Crippen LogP contribution in [0.1, 0.15) is 24.4 Å². The Morgan fingerprint density at radius 3 is 2.74 bits per heavy atom. The summed E-state index contributed by atoms with van der Waals surface area (Å²) >= 11 is 1.75. The zero-order valence-corrected chi connectivity index (χ0v) is 12.8. The van der Waals surface area contributed by atoms with E-state index in [9.17, 15) is 0 Å². The first-order valence-corrected chi connectivity index (χ1v) is 7.64. The molecule has 0 aromatic carbocycles. The summed E-state index contributed by atoms with van der Waals surface area (Å²) in [4.78, 5) is 8.22. The molecule has 0 atom stereocenters. The predicted octanol–water partition coefficient (Wildman–Crippen LogP) is 2.29. The summed E-state index contributed by atoms with van der Waals surface area (Å²) in [6.45, 7) is 10.5. The maximum Gasteiger partial charge on any atom is 0.186 e.